The van der Waals surface area contributed by atoms with Crippen LogP contribution in [-0.4, -0.2) is 24.9 Å². The van der Waals surface area contributed by atoms with E-state index in [9.17, 15) is 5.11 Å². The van der Waals surface area contributed by atoms with Gasteiger partial charge in [-0.05, 0) is 11.5 Å². The number of aliphatic hydroxyl groups is 1. The largest absolute Gasteiger partial charge is 0.392 e. The van der Waals surface area contributed by atoms with Crippen LogP contribution >= 0.6 is 0 Å². The molecule has 0 aliphatic rings. The van der Waals surface area contributed by atoms with Gasteiger partial charge in [0.25, 0.3) is 0 Å². The Balaban J connectivity index is 2.83. The molecule has 0 aromatic heterocycles. The number of ether oxygens (including phenoxy) is 1. The average Bonchev–Trinajstić information content (AvgIpc) is 2.26. The van der Waals surface area contributed by atoms with Gasteiger partial charge in [-0.3, -0.25) is 0 Å². The molecule has 1 N–H and O–H groups in total. The van der Waals surface area contributed by atoms with Crippen LogP contribution in [0.25, 0.3) is 0 Å². The fourth-order valence-electron chi connectivity index (χ4n) is 1.74. The van der Waals surface area contributed by atoms with Crippen LogP contribution in [-0.2, 0) is 4.74 Å². The molecule has 0 aliphatic heterocycles. The quantitative estimate of drug-likeness (QED) is 0.805. The first-order valence-corrected chi connectivity index (χ1v) is 5.38. The van der Waals surface area contributed by atoms with Crippen LogP contribution in [0.1, 0.15) is 25.3 Å². The molecule has 1 aromatic carbocycles. The van der Waals surface area contributed by atoms with Crippen molar-refractivity contribution in [2.75, 3.05) is 13.7 Å². The smallest absolute Gasteiger partial charge is 0.0653 e. The van der Waals surface area contributed by atoms with Crippen LogP contribution in [0.2, 0.25) is 0 Å². The second-order valence-corrected chi connectivity index (χ2v) is 4.21. The van der Waals surface area contributed by atoms with E-state index in [1.807, 2.05) is 44.2 Å². The number of rotatable bonds is 5. The summed E-state index contributed by atoms with van der Waals surface area (Å²) >= 11 is 0. The second kappa shape index (κ2) is 5.89. The molecule has 84 valence electrons. The number of methoxy groups -OCH3 is 1. The molecule has 0 heterocycles. The van der Waals surface area contributed by atoms with Crippen LogP contribution in [0.15, 0.2) is 30.3 Å². The predicted octanol–water partition coefficient (Wildman–Crippen LogP) is 2.43. The van der Waals surface area contributed by atoms with Crippen LogP contribution in [0.5, 0.6) is 0 Å². The van der Waals surface area contributed by atoms with E-state index < -0.39 is 0 Å². The molecule has 1 rings (SSSR count). The molecule has 0 saturated carbocycles. The van der Waals surface area contributed by atoms with Crippen molar-refractivity contribution in [1.82, 2.24) is 0 Å². The molecule has 2 nitrogen and oxygen atoms in total. The highest BCUT2D eigenvalue weighted by Crippen LogP contribution is 2.24. The predicted molar refractivity (Wildman–Crippen MR) is 61.9 cm³/mol. The zero-order valence-electron chi connectivity index (χ0n) is 9.68. The van der Waals surface area contributed by atoms with E-state index in [2.05, 4.69) is 0 Å². The van der Waals surface area contributed by atoms with Crippen molar-refractivity contribution in [2.45, 2.75) is 25.9 Å². The molecule has 0 radical (unpaired) electrons. The SMILES string of the molecule is COCC(c1ccccc1)C(O)C(C)C. The Kier molecular flexibility index (Phi) is 4.79. The van der Waals surface area contributed by atoms with Crippen molar-refractivity contribution in [1.29, 1.82) is 0 Å². The Morgan fingerprint density at radius 1 is 1.20 bits per heavy atom. The van der Waals surface area contributed by atoms with Gasteiger partial charge in [0.05, 0.1) is 12.7 Å². The molecule has 0 saturated heterocycles. The highest BCUT2D eigenvalue weighted by Gasteiger charge is 2.23. The number of hydrogen-bond donors (Lipinski definition) is 1. The van der Waals surface area contributed by atoms with Crippen LogP contribution in [0.3, 0.4) is 0 Å². The molecule has 0 aliphatic carbocycles. The second-order valence-electron chi connectivity index (χ2n) is 4.21. The zero-order chi connectivity index (χ0) is 11.3. The van der Waals surface area contributed by atoms with Gasteiger partial charge in [0, 0.05) is 13.0 Å². The third kappa shape index (κ3) is 3.33. The minimum absolute atomic E-state index is 0.0659. The minimum Gasteiger partial charge on any atom is -0.392 e. The summed E-state index contributed by atoms with van der Waals surface area (Å²) in [5, 5.41) is 10.1. The Hall–Kier alpha value is -0.860. The van der Waals surface area contributed by atoms with E-state index in [-0.39, 0.29) is 17.9 Å². The molecule has 1 aromatic rings. The Labute approximate surface area is 91.9 Å². The van der Waals surface area contributed by atoms with Crippen molar-refractivity contribution < 1.29 is 9.84 Å². The van der Waals surface area contributed by atoms with E-state index in [1.54, 1.807) is 7.11 Å². The summed E-state index contributed by atoms with van der Waals surface area (Å²) in [6, 6.07) is 10.0. The van der Waals surface area contributed by atoms with Gasteiger partial charge < -0.3 is 9.84 Å². The molecule has 2 atom stereocenters. The Bertz CT molecular complexity index is 269. The maximum atomic E-state index is 10.1. The van der Waals surface area contributed by atoms with E-state index in [4.69, 9.17) is 4.74 Å². The van der Waals surface area contributed by atoms with Gasteiger partial charge in [-0.1, -0.05) is 44.2 Å². The lowest BCUT2D eigenvalue weighted by atomic mass is 9.88. The van der Waals surface area contributed by atoms with Gasteiger partial charge in [0.2, 0.25) is 0 Å². The highest BCUT2D eigenvalue weighted by atomic mass is 16.5. The maximum absolute atomic E-state index is 10.1. The lowest BCUT2D eigenvalue weighted by Crippen LogP contribution is -2.27. The summed E-state index contributed by atoms with van der Waals surface area (Å²) in [5.74, 6) is 0.307. The molecule has 0 bridgehead atoms. The van der Waals surface area contributed by atoms with Crippen molar-refractivity contribution in [3.8, 4) is 0 Å². The normalized spacial score (nSPS) is 15.3. The van der Waals surface area contributed by atoms with E-state index in [0.717, 1.165) is 5.56 Å². The maximum Gasteiger partial charge on any atom is 0.0653 e. The van der Waals surface area contributed by atoms with Gasteiger partial charge >= 0.3 is 0 Å². The highest BCUT2D eigenvalue weighted by molar-refractivity contribution is 5.21. The molecule has 2 unspecified atom stereocenters. The van der Waals surface area contributed by atoms with Crippen LogP contribution < -0.4 is 0 Å². The van der Waals surface area contributed by atoms with Crippen LogP contribution in [0.4, 0.5) is 0 Å². The number of hydrogen-bond acceptors (Lipinski definition) is 2. The van der Waals surface area contributed by atoms with Gasteiger partial charge in [-0.2, -0.15) is 0 Å². The summed E-state index contributed by atoms with van der Waals surface area (Å²) < 4.78 is 5.17. The fourth-order valence-corrected chi connectivity index (χ4v) is 1.74. The van der Waals surface area contributed by atoms with E-state index >= 15 is 0 Å². The number of aliphatic hydroxyl groups excluding tert-OH is 1. The molecule has 0 fully saturated rings. The third-order valence-corrected chi connectivity index (χ3v) is 2.67. The first kappa shape index (κ1) is 12.2. The van der Waals surface area contributed by atoms with Gasteiger partial charge in [-0.25, -0.2) is 0 Å². The first-order valence-electron chi connectivity index (χ1n) is 5.38. The summed E-state index contributed by atoms with van der Waals surface area (Å²) in [5.41, 5.74) is 1.14. The standard InChI is InChI=1S/C13H20O2/c1-10(2)13(14)12(9-15-3)11-7-5-4-6-8-11/h4-8,10,12-14H,9H2,1-3H3. The average molecular weight is 208 g/mol. The monoisotopic (exact) mass is 208 g/mol. The summed E-state index contributed by atoms with van der Waals surface area (Å²) in [6.45, 7) is 4.61. The van der Waals surface area contributed by atoms with Crippen molar-refractivity contribution in [3.05, 3.63) is 35.9 Å². The summed E-state index contributed by atoms with van der Waals surface area (Å²) in [7, 11) is 1.67. The fraction of sp³-hybridized carbons (Fsp3) is 0.538. The Morgan fingerprint density at radius 3 is 2.27 bits per heavy atom. The number of benzene rings is 1. The van der Waals surface area contributed by atoms with Gasteiger partial charge in [0.15, 0.2) is 0 Å². The lowest BCUT2D eigenvalue weighted by Gasteiger charge is -2.25. The third-order valence-electron chi connectivity index (χ3n) is 2.67. The van der Waals surface area contributed by atoms with Crippen molar-refractivity contribution in [2.24, 2.45) is 5.92 Å². The molecular formula is C13H20O2. The summed E-state index contributed by atoms with van der Waals surface area (Å²) in [4.78, 5) is 0. The molecular weight excluding hydrogens is 188 g/mol. The van der Waals surface area contributed by atoms with Gasteiger partial charge in [-0.15, -0.1) is 0 Å². The zero-order valence-corrected chi connectivity index (χ0v) is 9.68. The lowest BCUT2D eigenvalue weighted by molar-refractivity contribution is 0.0547. The van der Waals surface area contributed by atoms with Crippen LogP contribution in [0, 0.1) is 5.92 Å². The first-order chi connectivity index (χ1) is 7.16. The molecule has 0 amide bonds. The van der Waals surface area contributed by atoms with E-state index in [0.29, 0.717) is 6.61 Å². The van der Waals surface area contributed by atoms with Crippen molar-refractivity contribution >= 4 is 0 Å². The Morgan fingerprint density at radius 2 is 1.80 bits per heavy atom. The van der Waals surface area contributed by atoms with Crippen molar-refractivity contribution in [3.63, 3.8) is 0 Å². The topological polar surface area (TPSA) is 29.5 Å². The molecule has 0 spiro atoms. The van der Waals surface area contributed by atoms with E-state index in [1.165, 1.54) is 0 Å². The van der Waals surface area contributed by atoms with Gasteiger partial charge in [0.1, 0.15) is 0 Å². The molecule has 15 heavy (non-hydrogen) atoms. The summed E-state index contributed by atoms with van der Waals surface area (Å²) in [6.07, 6.45) is -0.354. The minimum atomic E-state index is -0.354. The molecule has 2 heteroatoms.